The van der Waals surface area contributed by atoms with E-state index >= 15 is 0 Å². The molecule has 0 heterocycles. The van der Waals surface area contributed by atoms with Gasteiger partial charge in [0.1, 0.15) is 16.5 Å². The molecule has 0 aliphatic heterocycles. The Labute approximate surface area is 116 Å². The average molecular weight is 297 g/mol. The Balaban J connectivity index is 2.06. The van der Waals surface area contributed by atoms with E-state index < -0.39 is 26.6 Å². The number of nitrogens with one attached hydrogen (secondary N) is 1. The molecule has 2 rings (SSSR count). The van der Waals surface area contributed by atoms with Gasteiger partial charge in [0.25, 0.3) is 0 Å². The van der Waals surface area contributed by atoms with Crippen LogP contribution in [-0.4, -0.2) is 15.0 Å². The first kappa shape index (κ1) is 14.6. The molecule has 0 unspecified atom stereocenters. The van der Waals surface area contributed by atoms with Gasteiger partial charge in [-0.2, -0.15) is 0 Å². The van der Waals surface area contributed by atoms with Crippen molar-refractivity contribution in [1.82, 2.24) is 4.72 Å². The van der Waals surface area contributed by atoms with Crippen LogP contribution in [0.1, 0.15) is 5.56 Å². The molecule has 2 aromatic carbocycles. The van der Waals surface area contributed by atoms with E-state index in [-0.39, 0.29) is 6.54 Å². The predicted molar refractivity (Wildman–Crippen MR) is 71.7 cm³/mol. The summed E-state index contributed by atoms with van der Waals surface area (Å²) in [6.07, 6.45) is 0.469. The van der Waals surface area contributed by atoms with Crippen molar-refractivity contribution in [2.75, 3.05) is 6.54 Å². The number of benzene rings is 2. The minimum atomic E-state index is -4.05. The summed E-state index contributed by atoms with van der Waals surface area (Å²) in [7, 11) is -4.05. The molecular formula is C14H13F2NO2S. The van der Waals surface area contributed by atoms with Crippen molar-refractivity contribution in [2.45, 2.75) is 11.3 Å². The smallest absolute Gasteiger partial charge is 0.211 e. The maximum absolute atomic E-state index is 13.4. The first-order valence-electron chi connectivity index (χ1n) is 5.98. The molecule has 0 aliphatic rings. The van der Waals surface area contributed by atoms with Crippen LogP contribution in [0.3, 0.4) is 0 Å². The lowest BCUT2D eigenvalue weighted by Gasteiger charge is -2.08. The highest BCUT2D eigenvalue weighted by Gasteiger charge is 2.19. The Bertz CT molecular complexity index is 688. The first-order valence-corrected chi connectivity index (χ1v) is 7.46. The summed E-state index contributed by atoms with van der Waals surface area (Å²) >= 11 is 0. The minimum Gasteiger partial charge on any atom is -0.211 e. The van der Waals surface area contributed by atoms with Crippen LogP contribution in [0.15, 0.2) is 53.4 Å². The fourth-order valence-electron chi connectivity index (χ4n) is 1.74. The van der Waals surface area contributed by atoms with E-state index in [0.717, 1.165) is 17.7 Å². The molecule has 0 saturated heterocycles. The Hall–Kier alpha value is -1.79. The maximum Gasteiger partial charge on any atom is 0.243 e. The highest BCUT2D eigenvalue weighted by molar-refractivity contribution is 7.89. The van der Waals surface area contributed by atoms with Crippen molar-refractivity contribution in [3.05, 3.63) is 65.7 Å². The molecule has 0 spiro atoms. The number of rotatable bonds is 5. The van der Waals surface area contributed by atoms with Crippen LogP contribution >= 0.6 is 0 Å². The summed E-state index contributed by atoms with van der Waals surface area (Å²) in [5.41, 5.74) is 0.954. The fourth-order valence-corrected chi connectivity index (χ4v) is 2.85. The van der Waals surface area contributed by atoms with Gasteiger partial charge in [-0.05, 0) is 30.2 Å². The van der Waals surface area contributed by atoms with Crippen molar-refractivity contribution in [2.24, 2.45) is 0 Å². The number of sulfonamides is 1. The second kappa shape index (κ2) is 6.11. The van der Waals surface area contributed by atoms with Crippen LogP contribution in [-0.2, 0) is 16.4 Å². The lowest BCUT2D eigenvalue weighted by atomic mass is 10.2. The van der Waals surface area contributed by atoms with Crippen LogP contribution in [0.5, 0.6) is 0 Å². The third-order valence-electron chi connectivity index (χ3n) is 2.73. The van der Waals surface area contributed by atoms with Crippen molar-refractivity contribution in [3.63, 3.8) is 0 Å². The van der Waals surface area contributed by atoms with Crippen LogP contribution in [0.4, 0.5) is 8.78 Å². The monoisotopic (exact) mass is 297 g/mol. The molecular weight excluding hydrogens is 284 g/mol. The van der Waals surface area contributed by atoms with Gasteiger partial charge in [-0.1, -0.05) is 30.3 Å². The molecule has 0 radical (unpaired) electrons. The molecule has 2 aromatic rings. The van der Waals surface area contributed by atoms with E-state index in [1.54, 1.807) is 0 Å². The second-order valence-electron chi connectivity index (χ2n) is 4.21. The largest absolute Gasteiger partial charge is 0.243 e. The van der Waals surface area contributed by atoms with Gasteiger partial charge in [0.15, 0.2) is 0 Å². The zero-order valence-corrected chi connectivity index (χ0v) is 11.3. The summed E-state index contributed by atoms with van der Waals surface area (Å²) in [5.74, 6) is -1.77. The molecule has 3 nitrogen and oxygen atoms in total. The summed E-state index contributed by atoms with van der Waals surface area (Å²) in [6.45, 7) is 0.113. The van der Waals surface area contributed by atoms with E-state index in [2.05, 4.69) is 4.72 Å². The molecule has 0 aliphatic carbocycles. The minimum absolute atomic E-state index is 0.113. The molecule has 6 heteroatoms. The van der Waals surface area contributed by atoms with Gasteiger partial charge in [-0.15, -0.1) is 0 Å². The van der Waals surface area contributed by atoms with Gasteiger partial charge >= 0.3 is 0 Å². The maximum atomic E-state index is 13.4. The van der Waals surface area contributed by atoms with Gasteiger partial charge < -0.3 is 0 Å². The summed E-state index contributed by atoms with van der Waals surface area (Å²) in [6, 6.07) is 11.6. The molecule has 0 aromatic heterocycles. The van der Waals surface area contributed by atoms with Crippen LogP contribution in [0.25, 0.3) is 0 Å². The lowest BCUT2D eigenvalue weighted by Crippen LogP contribution is -2.27. The van der Waals surface area contributed by atoms with Crippen LogP contribution in [0, 0.1) is 11.6 Å². The van der Waals surface area contributed by atoms with E-state index in [1.807, 2.05) is 30.3 Å². The predicted octanol–water partition coefficient (Wildman–Crippen LogP) is 2.49. The Morgan fingerprint density at radius 1 is 1.00 bits per heavy atom. The zero-order chi connectivity index (χ0) is 14.6. The molecule has 0 amide bonds. The number of hydrogen-bond donors (Lipinski definition) is 1. The average Bonchev–Trinajstić information content (AvgIpc) is 2.42. The summed E-state index contributed by atoms with van der Waals surface area (Å²) in [5, 5.41) is 0. The first-order chi connectivity index (χ1) is 9.49. The summed E-state index contributed by atoms with van der Waals surface area (Å²) in [4.78, 5) is -0.675. The third kappa shape index (κ3) is 3.61. The molecule has 0 bridgehead atoms. The number of hydrogen-bond acceptors (Lipinski definition) is 2. The van der Waals surface area contributed by atoms with E-state index in [9.17, 15) is 17.2 Å². The highest BCUT2D eigenvalue weighted by Crippen LogP contribution is 2.15. The van der Waals surface area contributed by atoms with Gasteiger partial charge in [-0.3, -0.25) is 0 Å². The van der Waals surface area contributed by atoms with Crippen molar-refractivity contribution >= 4 is 10.0 Å². The topological polar surface area (TPSA) is 46.2 Å². The Kier molecular flexibility index (Phi) is 4.46. The fraction of sp³-hybridized carbons (Fsp3) is 0.143. The molecule has 0 saturated carbocycles. The van der Waals surface area contributed by atoms with Crippen molar-refractivity contribution in [3.8, 4) is 0 Å². The van der Waals surface area contributed by atoms with Gasteiger partial charge in [0.05, 0.1) is 0 Å². The number of halogens is 2. The van der Waals surface area contributed by atoms with E-state index in [0.29, 0.717) is 12.5 Å². The summed E-state index contributed by atoms with van der Waals surface area (Å²) < 4.78 is 52.4. The molecule has 20 heavy (non-hydrogen) atoms. The second-order valence-corrected chi connectivity index (χ2v) is 5.94. The molecule has 1 N–H and O–H groups in total. The van der Waals surface area contributed by atoms with Crippen molar-refractivity contribution in [1.29, 1.82) is 0 Å². The quantitative estimate of drug-likeness (QED) is 0.921. The van der Waals surface area contributed by atoms with Crippen LogP contribution in [0.2, 0.25) is 0 Å². The standard InChI is InChI=1S/C14H13F2NO2S/c15-12-6-7-13(16)14(10-12)20(18,19)17-9-8-11-4-2-1-3-5-11/h1-7,10,17H,8-9H2. The van der Waals surface area contributed by atoms with E-state index in [4.69, 9.17) is 0 Å². The van der Waals surface area contributed by atoms with Crippen LogP contribution < -0.4 is 4.72 Å². The van der Waals surface area contributed by atoms with Gasteiger partial charge in [0, 0.05) is 6.54 Å². The SMILES string of the molecule is O=S(=O)(NCCc1ccccc1)c1cc(F)ccc1F. The Morgan fingerprint density at radius 3 is 2.40 bits per heavy atom. The molecule has 0 atom stereocenters. The van der Waals surface area contributed by atoms with Gasteiger partial charge in [-0.25, -0.2) is 21.9 Å². The molecule has 0 fully saturated rings. The highest BCUT2D eigenvalue weighted by atomic mass is 32.2. The third-order valence-corrected chi connectivity index (χ3v) is 4.21. The normalized spacial score (nSPS) is 11.5. The Morgan fingerprint density at radius 2 is 1.70 bits per heavy atom. The zero-order valence-electron chi connectivity index (χ0n) is 10.5. The molecule has 106 valence electrons. The lowest BCUT2D eigenvalue weighted by molar-refractivity contribution is 0.546. The van der Waals surface area contributed by atoms with Crippen molar-refractivity contribution < 1.29 is 17.2 Å². The van der Waals surface area contributed by atoms with Gasteiger partial charge in [0.2, 0.25) is 10.0 Å². The van der Waals surface area contributed by atoms with E-state index in [1.165, 1.54) is 0 Å².